The van der Waals surface area contributed by atoms with Crippen molar-refractivity contribution in [3.05, 3.63) is 63.8 Å². The lowest BCUT2D eigenvalue weighted by molar-refractivity contribution is 0.0257. The van der Waals surface area contributed by atoms with Gasteiger partial charge in [-0.3, -0.25) is 4.79 Å². The summed E-state index contributed by atoms with van der Waals surface area (Å²) in [7, 11) is 0. The fourth-order valence-corrected chi connectivity index (χ4v) is 4.19. The normalized spacial score (nSPS) is 18.0. The molecule has 5 rings (SSSR count). The van der Waals surface area contributed by atoms with Crippen LogP contribution in [0.4, 0.5) is 14.5 Å². The molecular weight excluding hydrogens is 334 g/mol. The maximum absolute atomic E-state index is 13.5. The van der Waals surface area contributed by atoms with Crippen LogP contribution in [0, 0.1) is 0 Å². The summed E-state index contributed by atoms with van der Waals surface area (Å²) in [5.41, 5.74) is 5.55. The van der Waals surface area contributed by atoms with E-state index in [2.05, 4.69) is 4.98 Å². The lowest BCUT2D eigenvalue weighted by atomic mass is 9.87. The summed E-state index contributed by atoms with van der Waals surface area (Å²) < 4.78 is 27.1. The third-order valence-corrected chi connectivity index (χ3v) is 5.54. The molecule has 1 aliphatic heterocycles. The highest BCUT2D eigenvalue weighted by atomic mass is 19.3. The average Bonchev–Trinajstić information content (AvgIpc) is 3.01. The lowest BCUT2D eigenvalue weighted by Crippen LogP contribution is -2.25. The molecule has 5 heteroatoms. The largest absolute Gasteiger partial charge is 0.365 e. The number of nitrogens with zero attached hydrogens (tertiary/aromatic N) is 1. The van der Waals surface area contributed by atoms with Crippen molar-refractivity contribution >= 4 is 16.6 Å². The third-order valence-electron chi connectivity index (χ3n) is 5.54. The maximum Gasteiger partial charge on any atom is 0.266 e. The van der Waals surface area contributed by atoms with Gasteiger partial charge in [0.15, 0.2) is 5.43 Å². The van der Waals surface area contributed by atoms with Crippen LogP contribution in [0.1, 0.15) is 17.5 Å². The average molecular weight is 352 g/mol. The minimum absolute atomic E-state index is 0.0864. The van der Waals surface area contributed by atoms with Crippen LogP contribution in [0.3, 0.4) is 0 Å². The van der Waals surface area contributed by atoms with Crippen LogP contribution in [0.15, 0.2) is 47.3 Å². The van der Waals surface area contributed by atoms with E-state index < -0.39 is 5.92 Å². The summed E-state index contributed by atoms with van der Waals surface area (Å²) in [6.45, 7) is 0.160. The summed E-state index contributed by atoms with van der Waals surface area (Å²) in [6.07, 6.45) is 1.33. The van der Waals surface area contributed by atoms with E-state index in [1.165, 1.54) is 0 Å². The molecule has 1 aromatic heterocycles. The second-order valence-corrected chi connectivity index (χ2v) is 7.22. The van der Waals surface area contributed by atoms with E-state index in [9.17, 15) is 13.6 Å². The van der Waals surface area contributed by atoms with Crippen LogP contribution in [-0.4, -0.2) is 24.0 Å². The molecule has 0 radical (unpaired) electrons. The van der Waals surface area contributed by atoms with E-state index in [4.69, 9.17) is 0 Å². The quantitative estimate of drug-likeness (QED) is 0.715. The summed E-state index contributed by atoms with van der Waals surface area (Å²) in [6, 6.07) is 13.4. The Bertz CT molecular complexity index is 1090. The van der Waals surface area contributed by atoms with Gasteiger partial charge in [0.25, 0.3) is 5.92 Å². The van der Waals surface area contributed by atoms with E-state index >= 15 is 0 Å². The fraction of sp³-hybridized carbons (Fsp3) is 0.286. The van der Waals surface area contributed by atoms with Crippen LogP contribution < -0.4 is 10.3 Å². The number of hydrogen-bond acceptors (Lipinski definition) is 2. The van der Waals surface area contributed by atoms with E-state index in [1.807, 2.05) is 42.5 Å². The number of pyridine rings is 1. The highest BCUT2D eigenvalue weighted by Crippen LogP contribution is 2.36. The number of aryl methyl sites for hydroxylation is 1. The van der Waals surface area contributed by atoms with Crippen molar-refractivity contribution in [1.82, 2.24) is 4.98 Å². The summed E-state index contributed by atoms with van der Waals surface area (Å²) >= 11 is 0. The van der Waals surface area contributed by atoms with Crippen LogP contribution in [-0.2, 0) is 12.8 Å². The first kappa shape index (κ1) is 15.6. The van der Waals surface area contributed by atoms with E-state index in [1.54, 1.807) is 4.90 Å². The highest BCUT2D eigenvalue weighted by molar-refractivity contribution is 5.85. The zero-order valence-corrected chi connectivity index (χ0v) is 14.2. The smallest absolute Gasteiger partial charge is 0.266 e. The number of rotatable bonds is 1. The molecule has 26 heavy (non-hydrogen) atoms. The van der Waals surface area contributed by atoms with Crippen LogP contribution in [0.2, 0.25) is 0 Å². The molecule has 3 nitrogen and oxygen atoms in total. The molecule has 3 aromatic rings. The van der Waals surface area contributed by atoms with Crippen molar-refractivity contribution in [2.45, 2.75) is 25.2 Å². The Kier molecular flexibility index (Phi) is 3.23. The predicted molar refractivity (Wildman–Crippen MR) is 99.2 cm³/mol. The molecule has 2 heterocycles. The van der Waals surface area contributed by atoms with Gasteiger partial charge in [-0.15, -0.1) is 0 Å². The zero-order chi connectivity index (χ0) is 17.9. The topological polar surface area (TPSA) is 36.1 Å². The molecule has 0 atom stereocenters. The molecule has 1 aliphatic carbocycles. The zero-order valence-electron chi connectivity index (χ0n) is 14.2. The molecule has 132 valence electrons. The SMILES string of the molecule is O=c1c2c([nH]c3ccccc13)-c1ccc(N3CCC(F)(F)C3)cc1CC2. The fourth-order valence-electron chi connectivity index (χ4n) is 4.19. The van der Waals surface area contributed by atoms with Gasteiger partial charge in [-0.2, -0.15) is 0 Å². The van der Waals surface area contributed by atoms with Gasteiger partial charge < -0.3 is 9.88 Å². The Morgan fingerprint density at radius 2 is 1.92 bits per heavy atom. The number of benzene rings is 2. The van der Waals surface area contributed by atoms with Gasteiger partial charge in [-0.1, -0.05) is 18.2 Å². The third kappa shape index (κ3) is 2.34. The first-order valence-corrected chi connectivity index (χ1v) is 8.92. The molecule has 0 saturated carbocycles. The Morgan fingerprint density at radius 1 is 1.08 bits per heavy atom. The number of fused-ring (bicyclic) bond motifs is 4. The van der Waals surface area contributed by atoms with Crippen molar-refractivity contribution in [2.75, 3.05) is 18.0 Å². The Balaban J connectivity index is 1.62. The molecule has 0 bridgehead atoms. The molecule has 1 N–H and O–H groups in total. The molecule has 0 spiro atoms. The number of halogens is 2. The number of H-pyrrole nitrogens is 1. The Morgan fingerprint density at radius 3 is 2.73 bits per heavy atom. The molecular formula is C21H18F2N2O. The predicted octanol–water partition coefficient (Wildman–Crippen LogP) is 4.14. The number of aromatic amines is 1. The van der Waals surface area contributed by atoms with Gasteiger partial charge in [0.1, 0.15) is 0 Å². The van der Waals surface area contributed by atoms with Gasteiger partial charge in [0.05, 0.1) is 12.2 Å². The van der Waals surface area contributed by atoms with Crippen molar-refractivity contribution in [2.24, 2.45) is 0 Å². The lowest BCUT2D eigenvalue weighted by Gasteiger charge is -2.24. The van der Waals surface area contributed by atoms with Gasteiger partial charge >= 0.3 is 0 Å². The molecule has 2 aromatic carbocycles. The molecule has 1 fully saturated rings. The van der Waals surface area contributed by atoms with Gasteiger partial charge in [-0.05, 0) is 42.7 Å². The number of nitrogens with one attached hydrogen (secondary N) is 1. The number of anilines is 1. The summed E-state index contributed by atoms with van der Waals surface area (Å²) in [4.78, 5) is 18.0. The van der Waals surface area contributed by atoms with Gasteiger partial charge in [0.2, 0.25) is 0 Å². The molecule has 0 amide bonds. The standard InChI is InChI=1S/C21H18F2N2O/c22-21(23)9-10-25(12-21)14-6-8-15-13(11-14)5-7-17-19(15)24-18-4-2-1-3-16(18)20(17)26/h1-4,6,8,11H,5,7,9-10,12H2,(H,24,26). The number of para-hydroxylation sites is 1. The van der Waals surface area contributed by atoms with Crippen LogP contribution in [0.25, 0.3) is 22.2 Å². The summed E-state index contributed by atoms with van der Waals surface area (Å²) in [5.74, 6) is -2.60. The minimum atomic E-state index is -2.60. The molecule has 2 aliphatic rings. The Hall–Kier alpha value is -2.69. The van der Waals surface area contributed by atoms with Crippen LogP contribution >= 0.6 is 0 Å². The number of aromatic nitrogens is 1. The maximum atomic E-state index is 13.5. The second-order valence-electron chi connectivity index (χ2n) is 7.22. The van der Waals surface area contributed by atoms with Gasteiger partial charge in [0, 0.05) is 40.7 Å². The second kappa shape index (κ2) is 5.40. The first-order chi connectivity index (χ1) is 12.5. The van der Waals surface area contributed by atoms with Crippen LogP contribution in [0.5, 0.6) is 0 Å². The summed E-state index contributed by atoms with van der Waals surface area (Å²) in [5, 5.41) is 0.714. The van der Waals surface area contributed by atoms with E-state index in [0.29, 0.717) is 18.4 Å². The van der Waals surface area contributed by atoms with E-state index in [-0.39, 0.29) is 18.4 Å². The Labute approximate surface area is 149 Å². The van der Waals surface area contributed by atoms with Crippen molar-refractivity contribution < 1.29 is 8.78 Å². The first-order valence-electron chi connectivity index (χ1n) is 8.92. The van der Waals surface area contributed by atoms with Gasteiger partial charge in [-0.25, -0.2) is 8.78 Å². The van der Waals surface area contributed by atoms with Crippen molar-refractivity contribution in [1.29, 1.82) is 0 Å². The molecule has 1 saturated heterocycles. The van der Waals surface area contributed by atoms with Crippen molar-refractivity contribution in [3.8, 4) is 11.3 Å². The highest BCUT2D eigenvalue weighted by Gasteiger charge is 2.38. The molecule has 0 unspecified atom stereocenters. The van der Waals surface area contributed by atoms with E-state index in [0.717, 1.165) is 40.0 Å². The number of hydrogen-bond donors (Lipinski definition) is 1. The van der Waals surface area contributed by atoms with Crippen molar-refractivity contribution in [3.63, 3.8) is 0 Å². The minimum Gasteiger partial charge on any atom is -0.365 e. The number of alkyl halides is 2. The monoisotopic (exact) mass is 352 g/mol.